The lowest BCUT2D eigenvalue weighted by atomic mass is 10.1. The molecule has 102 valence electrons. The van der Waals surface area contributed by atoms with Gasteiger partial charge in [0.15, 0.2) is 5.82 Å². The van der Waals surface area contributed by atoms with Gasteiger partial charge < -0.3 is 4.90 Å². The predicted molar refractivity (Wildman–Crippen MR) is 70.7 cm³/mol. The number of benzene rings is 1. The second kappa shape index (κ2) is 5.77. The van der Waals surface area contributed by atoms with Crippen molar-refractivity contribution >= 4 is 33.3 Å². The predicted octanol–water partition coefficient (Wildman–Crippen LogP) is 3.06. The van der Waals surface area contributed by atoms with Crippen LogP contribution in [0.1, 0.15) is 29.6 Å². The maximum Gasteiger partial charge on any atom is 0.299 e. The number of fused-ring (bicyclic) bond motifs is 1. The first-order chi connectivity index (χ1) is 9.06. The third-order valence-electron chi connectivity index (χ3n) is 3.00. The molecule has 1 heterocycles. The van der Waals surface area contributed by atoms with Crippen LogP contribution in [0.15, 0.2) is 12.1 Å². The third kappa shape index (κ3) is 2.68. The summed E-state index contributed by atoms with van der Waals surface area (Å²) < 4.78 is 26.8. The van der Waals surface area contributed by atoms with Gasteiger partial charge in [-0.05, 0) is 18.9 Å². The zero-order valence-corrected chi connectivity index (χ0v) is 11.7. The van der Waals surface area contributed by atoms with Crippen molar-refractivity contribution in [1.82, 2.24) is 0 Å². The molecule has 1 aliphatic heterocycles. The molecule has 0 atom stereocenters. The molecule has 0 aromatic heterocycles. The van der Waals surface area contributed by atoms with Crippen molar-refractivity contribution < 1.29 is 18.4 Å². The maximum absolute atomic E-state index is 13.7. The summed E-state index contributed by atoms with van der Waals surface area (Å²) in [6, 6.07) is 1.60. The summed E-state index contributed by atoms with van der Waals surface area (Å²) in [6.07, 6.45) is 2.47. The summed E-state index contributed by atoms with van der Waals surface area (Å²) >= 11 is 3.29. The van der Waals surface area contributed by atoms with E-state index >= 15 is 0 Å². The number of anilines is 1. The number of halogens is 3. The van der Waals surface area contributed by atoms with E-state index in [0.29, 0.717) is 12.5 Å². The van der Waals surface area contributed by atoms with Gasteiger partial charge in [-0.2, -0.15) is 0 Å². The Kier molecular flexibility index (Phi) is 4.29. The Morgan fingerprint density at radius 3 is 2.53 bits per heavy atom. The van der Waals surface area contributed by atoms with Crippen molar-refractivity contribution in [3.05, 3.63) is 29.3 Å². The van der Waals surface area contributed by atoms with Crippen LogP contribution in [-0.4, -0.2) is 23.6 Å². The minimum absolute atomic E-state index is 0.0877. The minimum Gasteiger partial charge on any atom is -0.302 e. The van der Waals surface area contributed by atoms with E-state index in [1.54, 1.807) is 0 Å². The fourth-order valence-electron chi connectivity index (χ4n) is 2.11. The van der Waals surface area contributed by atoms with E-state index in [-0.39, 0.29) is 17.8 Å². The fraction of sp³-hybridized carbons (Fsp3) is 0.385. The van der Waals surface area contributed by atoms with Gasteiger partial charge >= 0.3 is 0 Å². The second-order valence-electron chi connectivity index (χ2n) is 4.32. The van der Waals surface area contributed by atoms with Crippen LogP contribution in [0.25, 0.3) is 0 Å². The molecule has 0 bridgehead atoms. The highest BCUT2D eigenvalue weighted by Crippen LogP contribution is 2.32. The van der Waals surface area contributed by atoms with Gasteiger partial charge in [0.1, 0.15) is 5.82 Å². The topological polar surface area (TPSA) is 37.4 Å². The van der Waals surface area contributed by atoms with Crippen molar-refractivity contribution in [2.45, 2.75) is 19.3 Å². The highest BCUT2D eigenvalue weighted by Gasteiger charge is 2.38. The molecule has 1 aromatic carbocycles. The SMILES string of the molecule is O=C1C(=O)N(CCCCCBr)c2c(F)cc(F)cc21. The molecule has 3 nitrogen and oxygen atoms in total. The van der Waals surface area contributed by atoms with Crippen molar-refractivity contribution in [3.63, 3.8) is 0 Å². The van der Waals surface area contributed by atoms with Crippen LogP contribution in [0.3, 0.4) is 0 Å². The first-order valence-corrected chi connectivity index (χ1v) is 7.09. The molecule has 19 heavy (non-hydrogen) atoms. The van der Waals surface area contributed by atoms with Gasteiger partial charge in [0.05, 0.1) is 11.3 Å². The number of ketones is 1. The highest BCUT2D eigenvalue weighted by atomic mass is 79.9. The Bertz CT molecular complexity index is 534. The van der Waals surface area contributed by atoms with Crippen molar-refractivity contribution in [2.75, 3.05) is 16.8 Å². The van der Waals surface area contributed by atoms with E-state index in [0.717, 1.165) is 29.1 Å². The van der Waals surface area contributed by atoms with E-state index in [1.165, 1.54) is 0 Å². The van der Waals surface area contributed by atoms with E-state index < -0.39 is 23.3 Å². The normalized spacial score (nSPS) is 14.2. The first kappa shape index (κ1) is 14.1. The van der Waals surface area contributed by atoms with Gasteiger partial charge in [-0.15, -0.1) is 0 Å². The lowest BCUT2D eigenvalue weighted by Crippen LogP contribution is -2.31. The standard InChI is InChI=1S/C13H12BrF2NO2/c14-4-2-1-3-5-17-11-9(12(18)13(17)19)6-8(15)7-10(11)16/h6-7H,1-5H2. The van der Waals surface area contributed by atoms with Crippen LogP contribution in [0.5, 0.6) is 0 Å². The molecule has 0 fully saturated rings. The summed E-state index contributed by atoms with van der Waals surface area (Å²) in [6.45, 7) is 0.271. The Hall–Kier alpha value is -1.30. The Balaban J connectivity index is 2.23. The largest absolute Gasteiger partial charge is 0.302 e. The number of amides is 1. The monoisotopic (exact) mass is 331 g/mol. The summed E-state index contributed by atoms with van der Waals surface area (Å²) in [5, 5.41) is 0.857. The average molecular weight is 332 g/mol. The van der Waals surface area contributed by atoms with Gasteiger partial charge in [0.25, 0.3) is 11.7 Å². The molecule has 2 rings (SSSR count). The highest BCUT2D eigenvalue weighted by molar-refractivity contribution is 9.09. The number of hydrogen-bond acceptors (Lipinski definition) is 2. The Labute approximate surface area is 117 Å². The molecule has 1 aliphatic rings. The number of unbranched alkanes of at least 4 members (excludes halogenated alkanes) is 2. The summed E-state index contributed by atoms with van der Waals surface area (Å²) in [5.74, 6) is -3.33. The maximum atomic E-state index is 13.7. The molecule has 0 radical (unpaired) electrons. The fourth-order valence-corrected chi connectivity index (χ4v) is 2.50. The molecule has 0 saturated carbocycles. The molecular weight excluding hydrogens is 320 g/mol. The van der Waals surface area contributed by atoms with Crippen LogP contribution < -0.4 is 4.90 Å². The molecule has 0 spiro atoms. The average Bonchev–Trinajstić information content (AvgIpc) is 2.60. The number of carbonyl (C=O) groups is 2. The number of nitrogens with zero attached hydrogens (tertiary/aromatic N) is 1. The van der Waals surface area contributed by atoms with Gasteiger partial charge in [-0.25, -0.2) is 8.78 Å². The van der Waals surface area contributed by atoms with Gasteiger partial charge in [0, 0.05) is 17.9 Å². The van der Waals surface area contributed by atoms with Crippen LogP contribution in [0, 0.1) is 11.6 Å². The van der Waals surface area contributed by atoms with E-state index in [1.807, 2.05) is 0 Å². The minimum atomic E-state index is -0.866. The van der Waals surface area contributed by atoms with Crippen LogP contribution in [-0.2, 0) is 4.79 Å². The summed E-state index contributed by atoms with van der Waals surface area (Å²) in [7, 11) is 0. The van der Waals surface area contributed by atoms with Crippen molar-refractivity contribution in [3.8, 4) is 0 Å². The molecule has 0 saturated heterocycles. The number of rotatable bonds is 5. The van der Waals surface area contributed by atoms with Crippen LogP contribution >= 0.6 is 15.9 Å². The van der Waals surface area contributed by atoms with Gasteiger partial charge in [-0.3, -0.25) is 9.59 Å². The molecular formula is C13H12BrF2NO2. The molecule has 1 amide bonds. The smallest absolute Gasteiger partial charge is 0.299 e. The van der Waals surface area contributed by atoms with E-state index in [4.69, 9.17) is 0 Å². The molecule has 6 heteroatoms. The quantitative estimate of drug-likeness (QED) is 0.472. The van der Waals surface area contributed by atoms with Crippen molar-refractivity contribution in [1.29, 1.82) is 0 Å². The van der Waals surface area contributed by atoms with E-state index in [2.05, 4.69) is 15.9 Å². The zero-order valence-electron chi connectivity index (χ0n) is 10.1. The number of hydrogen-bond donors (Lipinski definition) is 0. The summed E-state index contributed by atoms with van der Waals surface area (Å²) in [5.41, 5.74) is -0.266. The van der Waals surface area contributed by atoms with E-state index in [9.17, 15) is 18.4 Å². The lowest BCUT2D eigenvalue weighted by Gasteiger charge is -2.16. The summed E-state index contributed by atoms with van der Waals surface area (Å²) in [4.78, 5) is 24.5. The molecule has 0 N–H and O–H groups in total. The molecule has 1 aromatic rings. The van der Waals surface area contributed by atoms with Crippen molar-refractivity contribution in [2.24, 2.45) is 0 Å². The Morgan fingerprint density at radius 1 is 1.11 bits per heavy atom. The zero-order chi connectivity index (χ0) is 14.0. The third-order valence-corrected chi connectivity index (χ3v) is 3.56. The number of Topliss-reactive ketones (excluding diaryl/α,β-unsaturated/α-hetero) is 1. The van der Waals surface area contributed by atoms with Gasteiger partial charge in [-0.1, -0.05) is 22.4 Å². The molecule has 0 aliphatic carbocycles. The number of carbonyl (C=O) groups excluding carboxylic acids is 2. The first-order valence-electron chi connectivity index (χ1n) is 5.97. The lowest BCUT2D eigenvalue weighted by molar-refractivity contribution is -0.114. The van der Waals surface area contributed by atoms with Gasteiger partial charge in [0.2, 0.25) is 0 Å². The molecule has 0 unspecified atom stereocenters. The Morgan fingerprint density at radius 2 is 1.84 bits per heavy atom. The number of alkyl halides is 1. The van der Waals surface area contributed by atoms with Crippen LogP contribution in [0.4, 0.5) is 14.5 Å². The van der Waals surface area contributed by atoms with Crippen LogP contribution in [0.2, 0.25) is 0 Å². The second-order valence-corrected chi connectivity index (χ2v) is 5.11.